The molecule has 9 atom stereocenters. The van der Waals surface area contributed by atoms with E-state index < -0.39 is 60.5 Å². The van der Waals surface area contributed by atoms with Gasteiger partial charge in [0.1, 0.15) is 54.4 Å². The summed E-state index contributed by atoms with van der Waals surface area (Å²) in [4.78, 5) is 17.5. The number of ether oxygens (including phenoxy) is 9. The van der Waals surface area contributed by atoms with E-state index in [-0.39, 0.29) is 19.8 Å². The highest BCUT2D eigenvalue weighted by Gasteiger charge is 2.53. The van der Waals surface area contributed by atoms with Crippen LogP contribution in [0.15, 0.2) is 181 Å². The van der Waals surface area contributed by atoms with Crippen LogP contribution in [0, 0.1) is 0 Å². The zero-order valence-electron chi connectivity index (χ0n) is 38.9. The van der Waals surface area contributed by atoms with Crippen LogP contribution >= 0.6 is 11.8 Å². The Morgan fingerprint density at radius 1 is 0.638 bits per heavy atom. The topological polar surface area (TPSA) is 103 Å². The fourth-order valence-electron chi connectivity index (χ4n) is 9.09. The van der Waals surface area contributed by atoms with Crippen molar-refractivity contribution in [1.29, 1.82) is 0 Å². The maximum absolute atomic E-state index is 14.7. The van der Waals surface area contributed by atoms with Crippen molar-refractivity contribution in [2.24, 2.45) is 0 Å². The van der Waals surface area contributed by atoms with Crippen molar-refractivity contribution in [2.75, 3.05) is 26.9 Å². The van der Waals surface area contributed by atoms with E-state index in [0.29, 0.717) is 38.6 Å². The number of hydrogen-bond donors (Lipinski definition) is 0. The Hall–Kier alpha value is -5.54. The van der Waals surface area contributed by atoms with Gasteiger partial charge in [0.15, 0.2) is 6.29 Å². The predicted octanol–water partition coefficient (Wildman–Crippen LogP) is 11.0. The van der Waals surface area contributed by atoms with Crippen LogP contribution in [-0.4, -0.2) is 86.1 Å². The Morgan fingerprint density at radius 2 is 1.19 bits per heavy atom. The summed E-state index contributed by atoms with van der Waals surface area (Å²) in [5, 5.41) is 0. The summed E-state index contributed by atoms with van der Waals surface area (Å²) >= 11 is 1.60. The van der Waals surface area contributed by atoms with Gasteiger partial charge in [0.25, 0.3) is 0 Å². The number of thioether (sulfide) groups is 1. The van der Waals surface area contributed by atoms with Crippen molar-refractivity contribution >= 4 is 17.9 Å². The molecule has 0 aromatic heterocycles. The minimum absolute atomic E-state index is 0.0821. The first-order chi connectivity index (χ1) is 34.1. The maximum atomic E-state index is 14.7. The highest BCUT2D eigenvalue weighted by Crippen LogP contribution is 2.42. The Kier molecular flexibility index (Phi) is 17.5. The fraction of sp³-hybridized carbons (Fsp3) is 0.351. The van der Waals surface area contributed by atoms with Gasteiger partial charge >= 0.3 is 6.09 Å². The van der Waals surface area contributed by atoms with Crippen LogP contribution in [0.5, 0.6) is 5.75 Å². The average Bonchev–Trinajstić information content (AvgIpc) is 3.93. The molecule has 3 saturated heterocycles. The van der Waals surface area contributed by atoms with Crippen molar-refractivity contribution in [3.05, 3.63) is 204 Å². The lowest BCUT2D eigenvalue weighted by Gasteiger charge is -2.37. The molecule has 12 heteroatoms. The first-order valence-electron chi connectivity index (χ1n) is 23.9. The average molecular weight is 952 g/mol. The number of likely N-dealkylation sites (tertiary alicyclic amines) is 1. The number of methoxy groups -OCH3 is 1. The Balaban J connectivity index is 1.07. The number of benzene rings is 6. The molecule has 6 aromatic carbocycles. The van der Waals surface area contributed by atoms with Crippen LogP contribution in [0.3, 0.4) is 0 Å². The summed E-state index contributed by atoms with van der Waals surface area (Å²) in [6, 6.07) is 57.1. The summed E-state index contributed by atoms with van der Waals surface area (Å²) in [6.07, 6.45) is -2.06. The maximum Gasteiger partial charge on any atom is 0.410 e. The van der Waals surface area contributed by atoms with E-state index in [1.165, 1.54) is 0 Å². The van der Waals surface area contributed by atoms with E-state index in [2.05, 4.69) is 36.4 Å². The van der Waals surface area contributed by atoms with Crippen molar-refractivity contribution in [2.45, 2.75) is 105 Å². The number of nitrogens with zero attached hydrogens (tertiary/aromatic N) is 1. The molecule has 1 amide bonds. The fourth-order valence-corrected chi connectivity index (χ4v) is 10.2. The summed E-state index contributed by atoms with van der Waals surface area (Å²) in [5.41, 5.74) is 4.29. The van der Waals surface area contributed by atoms with Gasteiger partial charge in [0.2, 0.25) is 0 Å². The highest BCUT2D eigenvalue weighted by atomic mass is 32.2. The minimum Gasteiger partial charge on any atom is -0.497 e. The van der Waals surface area contributed by atoms with E-state index in [0.717, 1.165) is 45.6 Å². The smallest absolute Gasteiger partial charge is 0.410 e. The summed E-state index contributed by atoms with van der Waals surface area (Å²) in [7, 11) is 1.64. The number of hydrogen-bond acceptors (Lipinski definition) is 11. The summed E-state index contributed by atoms with van der Waals surface area (Å²) in [5.74, 6) is 0.684. The third-order valence-electron chi connectivity index (χ3n) is 12.7. The quantitative estimate of drug-likeness (QED) is 0.0689. The first kappa shape index (κ1) is 48.5. The first-order valence-corrected chi connectivity index (χ1v) is 24.8. The lowest BCUT2D eigenvalue weighted by atomic mass is 9.96. The largest absolute Gasteiger partial charge is 0.497 e. The molecule has 0 spiro atoms. The van der Waals surface area contributed by atoms with Crippen molar-refractivity contribution in [3.8, 4) is 5.75 Å². The molecule has 11 nitrogen and oxygen atoms in total. The third-order valence-corrected chi connectivity index (χ3v) is 13.8. The van der Waals surface area contributed by atoms with Crippen molar-refractivity contribution < 1.29 is 47.4 Å². The lowest BCUT2D eigenvalue weighted by molar-refractivity contribution is -0.218. The van der Waals surface area contributed by atoms with E-state index in [9.17, 15) is 4.79 Å². The van der Waals surface area contributed by atoms with Crippen LogP contribution in [-0.2, 0) is 64.3 Å². The van der Waals surface area contributed by atoms with Gasteiger partial charge in [-0.05, 0) is 71.3 Å². The number of carbonyl (C=O) groups is 1. The van der Waals surface area contributed by atoms with Crippen LogP contribution in [0.25, 0.3) is 0 Å². The summed E-state index contributed by atoms with van der Waals surface area (Å²) in [6.45, 7) is 1.95. The van der Waals surface area contributed by atoms with E-state index in [1.54, 1.807) is 23.8 Å². The SMILES string of the molecule is COc1ccc([C@@H](OC[C@H]2O[C@H](Sc3ccccc3)[C@H](OCc3ccccc3)[C@H]2OCc2ccccc2)[C@@H]2[C@H](OC3CCCCO3)[C@@H](OCc3ccccc3)CN2C(=O)OCc2ccccc2)cc1. The highest BCUT2D eigenvalue weighted by molar-refractivity contribution is 7.99. The zero-order valence-corrected chi connectivity index (χ0v) is 39.8. The van der Waals surface area contributed by atoms with Crippen molar-refractivity contribution in [1.82, 2.24) is 4.90 Å². The number of rotatable bonds is 21. The molecule has 3 aliphatic heterocycles. The van der Waals surface area contributed by atoms with E-state index in [4.69, 9.17) is 42.6 Å². The Bertz CT molecular complexity index is 2420. The molecular weight excluding hydrogens is 891 g/mol. The molecular formula is C57H61NO10S. The van der Waals surface area contributed by atoms with Crippen LogP contribution in [0.1, 0.15) is 53.2 Å². The lowest BCUT2D eigenvalue weighted by Crippen LogP contribution is -2.48. The molecule has 360 valence electrons. The van der Waals surface area contributed by atoms with E-state index >= 15 is 0 Å². The van der Waals surface area contributed by atoms with Gasteiger partial charge in [-0.2, -0.15) is 0 Å². The molecule has 0 saturated carbocycles. The monoisotopic (exact) mass is 951 g/mol. The summed E-state index contributed by atoms with van der Waals surface area (Å²) < 4.78 is 59.9. The van der Waals surface area contributed by atoms with Gasteiger partial charge in [-0.1, -0.05) is 163 Å². The van der Waals surface area contributed by atoms with Gasteiger partial charge in [-0.3, -0.25) is 4.90 Å². The van der Waals surface area contributed by atoms with E-state index in [1.807, 2.05) is 140 Å². The number of amides is 1. The predicted molar refractivity (Wildman–Crippen MR) is 263 cm³/mol. The standard InChI is InChI=1S/C57H61NO10S/c1-60-46-32-30-45(31-33-46)52(51-53(68-50-29-17-18-34-61-50)48(62-36-41-19-7-2-8-20-41)35-58(51)57(59)66-39-44-25-13-5-14-26-44)65-40-49-54(63-37-42-21-9-3-10-22-42)55(64-38-43-23-11-4-12-24-43)56(67-49)69-47-27-15-6-16-28-47/h2-16,19-28,30-33,48-56H,17-18,29,34-40H2,1H3/t48-,49+,50?,51+,52+,53+,54-,55+,56+/m0/s1. The normalized spacial score (nSPS) is 23.9. The van der Waals surface area contributed by atoms with Crippen molar-refractivity contribution in [3.63, 3.8) is 0 Å². The molecule has 0 bridgehead atoms. The zero-order chi connectivity index (χ0) is 47.0. The second kappa shape index (κ2) is 24.8. The van der Waals surface area contributed by atoms with Crippen LogP contribution in [0.2, 0.25) is 0 Å². The second-order valence-corrected chi connectivity index (χ2v) is 18.6. The molecule has 3 heterocycles. The Morgan fingerprint density at radius 3 is 1.75 bits per heavy atom. The molecule has 0 radical (unpaired) electrons. The molecule has 0 aliphatic carbocycles. The number of carbonyl (C=O) groups excluding carboxylic acids is 1. The van der Waals surface area contributed by atoms with Gasteiger partial charge in [-0.25, -0.2) is 4.79 Å². The molecule has 69 heavy (non-hydrogen) atoms. The van der Waals surface area contributed by atoms with Gasteiger partial charge < -0.3 is 42.6 Å². The molecule has 9 rings (SSSR count). The molecule has 3 aliphatic rings. The Labute approximate surface area is 409 Å². The minimum atomic E-state index is -0.776. The van der Waals surface area contributed by atoms with Gasteiger partial charge in [-0.15, -0.1) is 0 Å². The molecule has 0 N–H and O–H groups in total. The van der Waals surface area contributed by atoms with Crippen LogP contribution in [0.4, 0.5) is 4.79 Å². The molecule has 3 fully saturated rings. The third kappa shape index (κ3) is 13.2. The van der Waals surface area contributed by atoms with Gasteiger partial charge in [0.05, 0.1) is 46.1 Å². The second-order valence-electron chi connectivity index (χ2n) is 17.4. The van der Waals surface area contributed by atoms with Gasteiger partial charge in [0, 0.05) is 11.5 Å². The van der Waals surface area contributed by atoms with Crippen LogP contribution < -0.4 is 4.74 Å². The molecule has 6 aromatic rings. The molecule has 1 unspecified atom stereocenters.